The number of hydrogen-bond donors (Lipinski definition) is 0. The molecule has 0 aromatic carbocycles. The van der Waals surface area contributed by atoms with Gasteiger partial charge in [0.25, 0.3) is 0 Å². The Kier molecular flexibility index (Phi) is 3.31. The largest absolute Gasteiger partial charge is 0.339 e. The molecule has 1 aliphatic heterocycles. The van der Waals surface area contributed by atoms with Crippen molar-refractivity contribution < 1.29 is 9.59 Å². The van der Waals surface area contributed by atoms with Crippen molar-refractivity contribution in [1.29, 1.82) is 0 Å². The summed E-state index contributed by atoms with van der Waals surface area (Å²) in [4.78, 5) is 24.6. The first-order valence-electron chi connectivity index (χ1n) is 6.38. The van der Waals surface area contributed by atoms with Crippen molar-refractivity contribution in [2.24, 2.45) is 17.8 Å². The predicted molar refractivity (Wildman–Crippen MR) is 61.9 cm³/mol. The van der Waals surface area contributed by atoms with E-state index < -0.39 is 0 Å². The van der Waals surface area contributed by atoms with Crippen molar-refractivity contribution >= 4 is 12.2 Å². The molecule has 0 radical (unpaired) electrons. The summed E-state index contributed by atoms with van der Waals surface area (Å²) in [6, 6.07) is 0.376. The molecule has 2 rings (SSSR count). The molecule has 3 heteroatoms. The Bertz CT molecular complexity index is 290. The molecular weight excluding hydrogens is 202 g/mol. The minimum Gasteiger partial charge on any atom is -0.339 e. The van der Waals surface area contributed by atoms with Gasteiger partial charge in [0.2, 0.25) is 5.91 Å². The summed E-state index contributed by atoms with van der Waals surface area (Å²) in [5, 5.41) is 0. The highest BCUT2D eigenvalue weighted by Gasteiger charge is 2.39. The normalized spacial score (nSPS) is 40.1. The second kappa shape index (κ2) is 4.56. The van der Waals surface area contributed by atoms with Gasteiger partial charge in [0, 0.05) is 24.9 Å². The van der Waals surface area contributed by atoms with Crippen molar-refractivity contribution in [3.05, 3.63) is 0 Å². The van der Waals surface area contributed by atoms with Crippen LogP contribution in [0.15, 0.2) is 0 Å². The SMILES string of the molecule is CC1CCCC(N2CC(C=O)CC2=O)C1C. The third-order valence-corrected chi connectivity index (χ3v) is 4.44. The summed E-state index contributed by atoms with van der Waals surface area (Å²) in [7, 11) is 0. The Labute approximate surface area is 97.2 Å². The molecule has 0 aromatic rings. The second-order valence-electron chi connectivity index (χ2n) is 5.48. The number of hydrogen-bond acceptors (Lipinski definition) is 2. The second-order valence-corrected chi connectivity index (χ2v) is 5.48. The van der Waals surface area contributed by atoms with Crippen LogP contribution in [0.3, 0.4) is 0 Å². The molecule has 1 saturated carbocycles. The fraction of sp³-hybridized carbons (Fsp3) is 0.846. The van der Waals surface area contributed by atoms with Gasteiger partial charge in [0.05, 0.1) is 0 Å². The highest BCUT2D eigenvalue weighted by molar-refractivity contribution is 5.83. The van der Waals surface area contributed by atoms with Crippen molar-refractivity contribution in [3.63, 3.8) is 0 Å². The highest BCUT2D eigenvalue weighted by atomic mass is 16.2. The number of carbonyl (C=O) groups is 2. The molecule has 1 saturated heterocycles. The van der Waals surface area contributed by atoms with Gasteiger partial charge in [-0.05, 0) is 18.3 Å². The van der Waals surface area contributed by atoms with Crippen LogP contribution in [0.4, 0.5) is 0 Å². The van der Waals surface area contributed by atoms with Gasteiger partial charge >= 0.3 is 0 Å². The van der Waals surface area contributed by atoms with Gasteiger partial charge in [-0.25, -0.2) is 0 Å². The average molecular weight is 223 g/mol. The smallest absolute Gasteiger partial charge is 0.223 e. The zero-order chi connectivity index (χ0) is 11.7. The molecule has 0 bridgehead atoms. The molecule has 1 heterocycles. The molecule has 1 amide bonds. The zero-order valence-electron chi connectivity index (χ0n) is 10.2. The van der Waals surface area contributed by atoms with Crippen molar-refractivity contribution in [1.82, 2.24) is 4.90 Å². The maximum atomic E-state index is 11.9. The van der Waals surface area contributed by atoms with E-state index in [1.54, 1.807) is 0 Å². The summed E-state index contributed by atoms with van der Waals surface area (Å²) in [5.41, 5.74) is 0. The van der Waals surface area contributed by atoms with Crippen LogP contribution in [0.25, 0.3) is 0 Å². The number of nitrogens with zero attached hydrogens (tertiary/aromatic N) is 1. The molecule has 0 aromatic heterocycles. The summed E-state index contributed by atoms with van der Waals surface area (Å²) >= 11 is 0. The molecule has 0 spiro atoms. The van der Waals surface area contributed by atoms with Crippen LogP contribution in [0.5, 0.6) is 0 Å². The number of likely N-dealkylation sites (tertiary alicyclic amines) is 1. The molecule has 2 aliphatic rings. The molecule has 4 unspecified atom stereocenters. The third-order valence-electron chi connectivity index (χ3n) is 4.44. The van der Waals surface area contributed by atoms with E-state index in [0.29, 0.717) is 30.8 Å². The summed E-state index contributed by atoms with van der Waals surface area (Å²) in [6.07, 6.45) is 4.97. The van der Waals surface area contributed by atoms with E-state index in [1.807, 2.05) is 4.90 Å². The molecule has 4 atom stereocenters. The van der Waals surface area contributed by atoms with Gasteiger partial charge in [0.15, 0.2) is 0 Å². The van der Waals surface area contributed by atoms with Crippen LogP contribution < -0.4 is 0 Å². The standard InChI is InChI=1S/C13H21NO2/c1-9-4-3-5-12(10(9)2)14-7-11(8-15)6-13(14)16/h8-12H,3-7H2,1-2H3. The first-order valence-corrected chi connectivity index (χ1v) is 6.38. The van der Waals surface area contributed by atoms with Crippen LogP contribution in [0.2, 0.25) is 0 Å². The Morgan fingerprint density at radius 3 is 2.69 bits per heavy atom. The van der Waals surface area contributed by atoms with Gasteiger partial charge in [-0.2, -0.15) is 0 Å². The van der Waals surface area contributed by atoms with Crippen LogP contribution >= 0.6 is 0 Å². The predicted octanol–water partition coefficient (Wildman–Crippen LogP) is 1.86. The molecule has 16 heavy (non-hydrogen) atoms. The Morgan fingerprint density at radius 2 is 2.06 bits per heavy atom. The van der Waals surface area contributed by atoms with Gasteiger partial charge in [-0.15, -0.1) is 0 Å². The fourth-order valence-electron chi connectivity index (χ4n) is 3.17. The Hall–Kier alpha value is -0.860. The van der Waals surface area contributed by atoms with E-state index in [2.05, 4.69) is 13.8 Å². The van der Waals surface area contributed by atoms with E-state index in [4.69, 9.17) is 0 Å². The lowest BCUT2D eigenvalue weighted by atomic mass is 9.77. The van der Waals surface area contributed by atoms with Gasteiger partial charge in [-0.1, -0.05) is 26.7 Å². The van der Waals surface area contributed by atoms with Crippen LogP contribution in [0.1, 0.15) is 39.5 Å². The Balaban J connectivity index is 2.06. The van der Waals surface area contributed by atoms with Gasteiger partial charge in [-0.3, -0.25) is 4.79 Å². The summed E-state index contributed by atoms with van der Waals surface area (Å²) in [5.74, 6) is 1.39. The van der Waals surface area contributed by atoms with E-state index in [-0.39, 0.29) is 11.8 Å². The minimum absolute atomic E-state index is 0.0584. The highest BCUT2D eigenvalue weighted by Crippen LogP contribution is 2.35. The van der Waals surface area contributed by atoms with Gasteiger partial charge < -0.3 is 9.69 Å². The fourth-order valence-corrected chi connectivity index (χ4v) is 3.17. The van der Waals surface area contributed by atoms with E-state index in [9.17, 15) is 9.59 Å². The molecule has 0 N–H and O–H groups in total. The molecule has 3 nitrogen and oxygen atoms in total. The van der Waals surface area contributed by atoms with Crippen molar-refractivity contribution in [2.45, 2.75) is 45.6 Å². The van der Waals surface area contributed by atoms with E-state index in [1.165, 1.54) is 12.8 Å². The van der Waals surface area contributed by atoms with Gasteiger partial charge in [0.1, 0.15) is 6.29 Å². The van der Waals surface area contributed by atoms with Crippen LogP contribution in [-0.4, -0.2) is 29.7 Å². The number of carbonyl (C=O) groups excluding carboxylic acids is 2. The first kappa shape index (κ1) is 11.6. The molecule has 1 aliphatic carbocycles. The lowest BCUT2D eigenvalue weighted by molar-refractivity contribution is -0.131. The zero-order valence-corrected chi connectivity index (χ0v) is 10.2. The molecule has 90 valence electrons. The summed E-state index contributed by atoms with van der Waals surface area (Å²) in [6.45, 7) is 5.18. The maximum Gasteiger partial charge on any atom is 0.223 e. The topological polar surface area (TPSA) is 37.4 Å². The van der Waals surface area contributed by atoms with Crippen molar-refractivity contribution in [3.8, 4) is 0 Å². The molecule has 2 fully saturated rings. The lowest BCUT2D eigenvalue weighted by Crippen LogP contribution is -2.44. The van der Waals surface area contributed by atoms with Crippen LogP contribution in [0, 0.1) is 17.8 Å². The van der Waals surface area contributed by atoms with Crippen molar-refractivity contribution in [2.75, 3.05) is 6.54 Å². The minimum atomic E-state index is -0.0584. The maximum absolute atomic E-state index is 11.9. The molecular formula is C13H21NO2. The third kappa shape index (κ3) is 2.00. The lowest BCUT2D eigenvalue weighted by Gasteiger charge is -2.39. The quantitative estimate of drug-likeness (QED) is 0.670. The Morgan fingerprint density at radius 1 is 1.31 bits per heavy atom. The average Bonchev–Trinajstić information content (AvgIpc) is 2.64. The monoisotopic (exact) mass is 223 g/mol. The number of amides is 1. The number of aldehydes is 1. The summed E-state index contributed by atoms with van der Waals surface area (Å²) < 4.78 is 0. The number of rotatable bonds is 2. The first-order chi connectivity index (χ1) is 7.63. The van der Waals surface area contributed by atoms with E-state index >= 15 is 0 Å². The van der Waals surface area contributed by atoms with Crippen LogP contribution in [-0.2, 0) is 9.59 Å². The van der Waals surface area contributed by atoms with E-state index in [0.717, 1.165) is 12.7 Å².